The van der Waals surface area contributed by atoms with Gasteiger partial charge >= 0.3 is 0 Å². The molecule has 1 unspecified atom stereocenters. The quantitative estimate of drug-likeness (QED) is 0.535. The topological polar surface area (TPSA) is 26.0 Å². The standard InChI is InChI=1S/C15H31N/c1-4-5-6-7-10-15(16)11-8-9-14(2,3)12-13-15/h4-13,16H2,1-3H3. The van der Waals surface area contributed by atoms with Crippen LogP contribution in [0.1, 0.15) is 85.0 Å². The number of rotatable bonds is 5. The van der Waals surface area contributed by atoms with E-state index in [2.05, 4.69) is 20.8 Å². The molecule has 0 heterocycles. The highest BCUT2D eigenvalue weighted by atomic mass is 14.7. The Kier molecular flexibility index (Phi) is 5.30. The van der Waals surface area contributed by atoms with Gasteiger partial charge in [-0.15, -0.1) is 0 Å². The zero-order chi connectivity index (χ0) is 12.1. The van der Waals surface area contributed by atoms with Crippen LogP contribution in [0.2, 0.25) is 0 Å². The lowest BCUT2D eigenvalue weighted by atomic mass is 9.82. The molecule has 96 valence electrons. The van der Waals surface area contributed by atoms with Crippen LogP contribution in [0.15, 0.2) is 0 Å². The molecule has 1 rings (SSSR count). The summed E-state index contributed by atoms with van der Waals surface area (Å²) in [5.74, 6) is 0. The fourth-order valence-electron chi connectivity index (χ4n) is 2.91. The molecule has 16 heavy (non-hydrogen) atoms. The summed E-state index contributed by atoms with van der Waals surface area (Å²) in [5, 5.41) is 0. The van der Waals surface area contributed by atoms with Crippen LogP contribution < -0.4 is 5.73 Å². The second-order valence-electron chi connectivity index (χ2n) is 6.69. The van der Waals surface area contributed by atoms with Crippen LogP contribution in [0, 0.1) is 5.41 Å². The molecule has 2 N–H and O–H groups in total. The first-order valence-electron chi connectivity index (χ1n) is 7.26. The van der Waals surface area contributed by atoms with Gasteiger partial charge in [0.25, 0.3) is 0 Å². The second-order valence-corrected chi connectivity index (χ2v) is 6.69. The SMILES string of the molecule is CCCCCCC1(N)CCCC(C)(C)CC1. The monoisotopic (exact) mass is 225 g/mol. The van der Waals surface area contributed by atoms with Gasteiger partial charge in [-0.1, -0.05) is 52.9 Å². The minimum atomic E-state index is 0.168. The molecule has 0 spiro atoms. The smallest absolute Gasteiger partial charge is 0.0154 e. The normalized spacial score (nSPS) is 30.0. The molecule has 1 fully saturated rings. The molecule has 0 bridgehead atoms. The van der Waals surface area contributed by atoms with Crippen LogP contribution in [0.5, 0.6) is 0 Å². The Hall–Kier alpha value is -0.0400. The van der Waals surface area contributed by atoms with Gasteiger partial charge in [-0.3, -0.25) is 0 Å². The third-order valence-corrected chi connectivity index (χ3v) is 4.36. The van der Waals surface area contributed by atoms with Crippen LogP contribution in [-0.2, 0) is 0 Å². The van der Waals surface area contributed by atoms with E-state index >= 15 is 0 Å². The highest BCUT2D eigenvalue weighted by Crippen LogP contribution is 2.38. The maximum atomic E-state index is 6.56. The first-order chi connectivity index (χ1) is 7.47. The van der Waals surface area contributed by atoms with Gasteiger partial charge in [-0.25, -0.2) is 0 Å². The van der Waals surface area contributed by atoms with Crippen molar-refractivity contribution in [3.63, 3.8) is 0 Å². The van der Waals surface area contributed by atoms with Crippen LogP contribution in [0.25, 0.3) is 0 Å². The van der Waals surface area contributed by atoms with Crippen LogP contribution >= 0.6 is 0 Å². The maximum Gasteiger partial charge on any atom is 0.0154 e. The molecular formula is C15H31N. The van der Waals surface area contributed by atoms with Crippen molar-refractivity contribution in [1.29, 1.82) is 0 Å². The summed E-state index contributed by atoms with van der Waals surface area (Å²) < 4.78 is 0. The summed E-state index contributed by atoms with van der Waals surface area (Å²) in [4.78, 5) is 0. The van der Waals surface area contributed by atoms with E-state index in [1.54, 1.807) is 0 Å². The van der Waals surface area contributed by atoms with Crippen molar-refractivity contribution >= 4 is 0 Å². The van der Waals surface area contributed by atoms with Crippen molar-refractivity contribution in [2.24, 2.45) is 11.1 Å². The van der Waals surface area contributed by atoms with Gasteiger partial charge in [0.1, 0.15) is 0 Å². The van der Waals surface area contributed by atoms with Gasteiger partial charge < -0.3 is 5.73 Å². The van der Waals surface area contributed by atoms with E-state index in [4.69, 9.17) is 5.73 Å². The predicted octanol–water partition coefficient (Wildman–Crippen LogP) is 4.64. The minimum absolute atomic E-state index is 0.168. The van der Waals surface area contributed by atoms with Crippen molar-refractivity contribution in [3.8, 4) is 0 Å². The highest BCUT2D eigenvalue weighted by Gasteiger charge is 2.31. The zero-order valence-electron chi connectivity index (χ0n) is 11.6. The summed E-state index contributed by atoms with van der Waals surface area (Å²) in [6, 6.07) is 0. The number of hydrogen-bond donors (Lipinski definition) is 1. The molecule has 0 saturated heterocycles. The molecule has 1 atom stereocenters. The third-order valence-electron chi connectivity index (χ3n) is 4.36. The van der Waals surface area contributed by atoms with Crippen LogP contribution in [0.4, 0.5) is 0 Å². The Morgan fingerprint density at radius 1 is 0.938 bits per heavy atom. The molecule has 0 aromatic carbocycles. The Bertz CT molecular complexity index is 198. The zero-order valence-corrected chi connectivity index (χ0v) is 11.6. The second kappa shape index (κ2) is 6.05. The van der Waals surface area contributed by atoms with E-state index in [0.717, 1.165) is 0 Å². The lowest BCUT2D eigenvalue weighted by Crippen LogP contribution is -2.39. The first kappa shape index (κ1) is 14.0. The molecular weight excluding hydrogens is 194 g/mol. The molecule has 0 aromatic heterocycles. The fraction of sp³-hybridized carbons (Fsp3) is 1.00. The number of unbranched alkanes of at least 4 members (excludes halogenated alkanes) is 3. The van der Waals surface area contributed by atoms with E-state index in [1.807, 2.05) is 0 Å². The van der Waals surface area contributed by atoms with Crippen molar-refractivity contribution in [2.45, 2.75) is 90.5 Å². The van der Waals surface area contributed by atoms with Gasteiger partial charge in [0.2, 0.25) is 0 Å². The molecule has 0 radical (unpaired) electrons. The molecule has 1 heteroatoms. The molecule has 1 aliphatic rings. The molecule has 1 aliphatic carbocycles. The van der Waals surface area contributed by atoms with E-state index in [-0.39, 0.29) is 5.54 Å². The van der Waals surface area contributed by atoms with Crippen molar-refractivity contribution in [2.75, 3.05) is 0 Å². The van der Waals surface area contributed by atoms with E-state index in [1.165, 1.54) is 64.2 Å². The largest absolute Gasteiger partial charge is 0.325 e. The Morgan fingerprint density at radius 3 is 2.38 bits per heavy atom. The summed E-state index contributed by atoms with van der Waals surface area (Å²) >= 11 is 0. The van der Waals surface area contributed by atoms with Gasteiger partial charge in [-0.2, -0.15) is 0 Å². The maximum absolute atomic E-state index is 6.56. The summed E-state index contributed by atoms with van der Waals surface area (Å²) in [7, 11) is 0. The number of hydrogen-bond acceptors (Lipinski definition) is 1. The lowest BCUT2D eigenvalue weighted by molar-refractivity contribution is 0.287. The summed E-state index contributed by atoms with van der Waals surface area (Å²) in [5.41, 5.74) is 7.26. The minimum Gasteiger partial charge on any atom is -0.325 e. The Morgan fingerprint density at radius 2 is 1.69 bits per heavy atom. The third kappa shape index (κ3) is 4.86. The van der Waals surface area contributed by atoms with Gasteiger partial charge in [0.15, 0.2) is 0 Å². The average Bonchev–Trinajstić information content (AvgIpc) is 2.34. The van der Waals surface area contributed by atoms with E-state index in [9.17, 15) is 0 Å². The van der Waals surface area contributed by atoms with E-state index in [0.29, 0.717) is 5.41 Å². The first-order valence-corrected chi connectivity index (χ1v) is 7.26. The number of nitrogens with two attached hydrogens (primary N) is 1. The van der Waals surface area contributed by atoms with E-state index < -0.39 is 0 Å². The van der Waals surface area contributed by atoms with Gasteiger partial charge in [-0.05, 0) is 37.5 Å². The average molecular weight is 225 g/mol. The lowest BCUT2D eigenvalue weighted by Gasteiger charge is -2.29. The van der Waals surface area contributed by atoms with Gasteiger partial charge in [0.05, 0.1) is 0 Å². The molecule has 0 aromatic rings. The molecule has 1 nitrogen and oxygen atoms in total. The van der Waals surface area contributed by atoms with Crippen LogP contribution in [-0.4, -0.2) is 5.54 Å². The summed E-state index contributed by atoms with van der Waals surface area (Å²) in [6.45, 7) is 7.07. The molecule has 0 amide bonds. The van der Waals surface area contributed by atoms with Crippen molar-refractivity contribution < 1.29 is 0 Å². The van der Waals surface area contributed by atoms with Crippen molar-refractivity contribution in [3.05, 3.63) is 0 Å². The fourth-order valence-corrected chi connectivity index (χ4v) is 2.91. The van der Waals surface area contributed by atoms with Gasteiger partial charge in [0, 0.05) is 5.54 Å². The predicted molar refractivity (Wildman–Crippen MR) is 72.5 cm³/mol. The van der Waals surface area contributed by atoms with Crippen LogP contribution in [0.3, 0.4) is 0 Å². The Balaban J connectivity index is 2.32. The highest BCUT2D eigenvalue weighted by molar-refractivity contribution is 4.89. The summed E-state index contributed by atoms with van der Waals surface area (Å²) in [6.07, 6.45) is 13.2. The Labute approximate surface area is 102 Å². The van der Waals surface area contributed by atoms with Crippen molar-refractivity contribution in [1.82, 2.24) is 0 Å². The molecule has 1 saturated carbocycles. The molecule has 0 aliphatic heterocycles.